The van der Waals surface area contributed by atoms with Crippen molar-refractivity contribution in [3.63, 3.8) is 0 Å². The number of carboxylic acids is 1. The maximum Gasteiger partial charge on any atom is 0.335 e. The van der Waals surface area contributed by atoms with Gasteiger partial charge in [-0.2, -0.15) is 0 Å². The lowest BCUT2D eigenvalue weighted by Crippen LogP contribution is -2.00. The Bertz CT molecular complexity index is 617. The van der Waals surface area contributed by atoms with Gasteiger partial charge in [0.25, 0.3) is 0 Å². The van der Waals surface area contributed by atoms with E-state index in [9.17, 15) is 4.79 Å². The van der Waals surface area contributed by atoms with Crippen LogP contribution in [0.3, 0.4) is 0 Å². The first-order valence-corrected chi connectivity index (χ1v) is 6.78. The average molecular weight is 286 g/mol. The van der Waals surface area contributed by atoms with Crippen molar-refractivity contribution >= 4 is 5.97 Å². The molecule has 0 atom stereocenters. The molecular formula is C17H18O4. The van der Waals surface area contributed by atoms with Crippen LogP contribution >= 0.6 is 0 Å². The van der Waals surface area contributed by atoms with E-state index in [1.54, 1.807) is 18.2 Å². The maximum absolute atomic E-state index is 10.9. The molecule has 0 unspecified atom stereocenters. The van der Waals surface area contributed by atoms with E-state index in [4.69, 9.17) is 14.6 Å². The van der Waals surface area contributed by atoms with Gasteiger partial charge in [0, 0.05) is 0 Å². The van der Waals surface area contributed by atoms with E-state index in [0.29, 0.717) is 19.0 Å². The van der Waals surface area contributed by atoms with Crippen molar-refractivity contribution in [1.29, 1.82) is 0 Å². The molecule has 0 radical (unpaired) electrons. The SMILES string of the molecule is CCOc1ccc(COc2ccc(C(=O)O)cc2C)cc1. The minimum absolute atomic E-state index is 0.265. The largest absolute Gasteiger partial charge is 0.494 e. The van der Waals surface area contributed by atoms with Crippen LogP contribution in [0.15, 0.2) is 42.5 Å². The smallest absolute Gasteiger partial charge is 0.335 e. The van der Waals surface area contributed by atoms with Gasteiger partial charge in [0.1, 0.15) is 18.1 Å². The number of benzene rings is 2. The summed E-state index contributed by atoms with van der Waals surface area (Å²) in [7, 11) is 0. The molecule has 0 heterocycles. The van der Waals surface area contributed by atoms with Crippen molar-refractivity contribution < 1.29 is 19.4 Å². The Morgan fingerprint density at radius 1 is 1.10 bits per heavy atom. The number of carbonyl (C=O) groups is 1. The van der Waals surface area contributed by atoms with Gasteiger partial charge in [-0.05, 0) is 55.3 Å². The molecule has 2 aromatic carbocycles. The Kier molecular flexibility index (Phi) is 4.82. The number of ether oxygens (including phenoxy) is 2. The Labute approximate surface area is 123 Å². The van der Waals surface area contributed by atoms with Gasteiger partial charge in [-0.1, -0.05) is 12.1 Å². The highest BCUT2D eigenvalue weighted by Gasteiger charge is 2.06. The zero-order chi connectivity index (χ0) is 15.2. The highest BCUT2D eigenvalue weighted by Crippen LogP contribution is 2.21. The Balaban J connectivity index is 2.01. The molecule has 0 amide bonds. The van der Waals surface area contributed by atoms with Crippen LogP contribution in [0, 0.1) is 6.92 Å². The molecule has 2 rings (SSSR count). The third kappa shape index (κ3) is 3.99. The standard InChI is InChI=1S/C17H18O4/c1-3-20-15-7-4-13(5-8-15)11-21-16-9-6-14(17(18)19)10-12(16)2/h4-10H,3,11H2,1-2H3,(H,18,19). The molecule has 0 aliphatic carbocycles. The molecule has 1 N–H and O–H groups in total. The number of rotatable bonds is 6. The van der Waals surface area contributed by atoms with Crippen LogP contribution in [-0.2, 0) is 6.61 Å². The van der Waals surface area contributed by atoms with Gasteiger partial charge in [0.2, 0.25) is 0 Å². The summed E-state index contributed by atoms with van der Waals surface area (Å²) < 4.78 is 11.1. The molecule has 110 valence electrons. The quantitative estimate of drug-likeness (QED) is 0.880. The maximum atomic E-state index is 10.9. The molecular weight excluding hydrogens is 268 g/mol. The molecule has 0 fully saturated rings. The van der Waals surface area contributed by atoms with Gasteiger partial charge in [0.05, 0.1) is 12.2 Å². The summed E-state index contributed by atoms with van der Waals surface area (Å²) in [4.78, 5) is 10.9. The molecule has 0 spiro atoms. The fourth-order valence-electron chi connectivity index (χ4n) is 1.95. The van der Waals surface area contributed by atoms with Crippen molar-refractivity contribution in [3.8, 4) is 11.5 Å². The summed E-state index contributed by atoms with van der Waals surface area (Å²) in [5.74, 6) is 0.591. The number of carboxylic acid groups (broad SMARTS) is 1. The van der Waals surface area contributed by atoms with Crippen LogP contribution < -0.4 is 9.47 Å². The van der Waals surface area contributed by atoms with E-state index in [2.05, 4.69) is 0 Å². The Hall–Kier alpha value is -2.49. The summed E-state index contributed by atoms with van der Waals surface area (Å²) in [5, 5.41) is 8.93. The van der Waals surface area contributed by atoms with Crippen LogP contribution in [0.1, 0.15) is 28.4 Å². The first-order chi connectivity index (χ1) is 10.1. The summed E-state index contributed by atoms with van der Waals surface area (Å²) >= 11 is 0. The molecule has 0 aromatic heterocycles. The van der Waals surface area contributed by atoms with Crippen LogP contribution in [0.25, 0.3) is 0 Å². The monoisotopic (exact) mass is 286 g/mol. The highest BCUT2D eigenvalue weighted by molar-refractivity contribution is 5.88. The second kappa shape index (κ2) is 6.79. The Morgan fingerprint density at radius 3 is 2.38 bits per heavy atom. The van der Waals surface area contributed by atoms with Crippen LogP contribution in [0.4, 0.5) is 0 Å². The topological polar surface area (TPSA) is 55.8 Å². The molecule has 0 aliphatic heterocycles. The van der Waals surface area contributed by atoms with Gasteiger partial charge < -0.3 is 14.6 Å². The molecule has 21 heavy (non-hydrogen) atoms. The predicted molar refractivity (Wildman–Crippen MR) is 80.1 cm³/mol. The second-order valence-electron chi connectivity index (χ2n) is 4.65. The lowest BCUT2D eigenvalue weighted by atomic mass is 10.1. The lowest BCUT2D eigenvalue weighted by Gasteiger charge is -2.10. The lowest BCUT2D eigenvalue weighted by molar-refractivity contribution is 0.0696. The molecule has 0 saturated heterocycles. The van der Waals surface area contributed by atoms with E-state index in [-0.39, 0.29) is 5.56 Å². The summed E-state index contributed by atoms with van der Waals surface area (Å²) in [6.07, 6.45) is 0. The molecule has 4 nitrogen and oxygen atoms in total. The predicted octanol–water partition coefficient (Wildman–Crippen LogP) is 3.67. The minimum atomic E-state index is -0.934. The summed E-state index contributed by atoms with van der Waals surface area (Å²) in [6.45, 7) is 4.85. The van der Waals surface area contributed by atoms with Crippen molar-refractivity contribution in [2.45, 2.75) is 20.5 Å². The molecule has 0 aliphatic rings. The third-order valence-corrected chi connectivity index (χ3v) is 3.05. The van der Waals surface area contributed by atoms with Crippen LogP contribution in [0.2, 0.25) is 0 Å². The highest BCUT2D eigenvalue weighted by atomic mass is 16.5. The van der Waals surface area contributed by atoms with E-state index >= 15 is 0 Å². The van der Waals surface area contributed by atoms with Gasteiger partial charge >= 0.3 is 5.97 Å². The number of aryl methyl sites for hydroxylation is 1. The van der Waals surface area contributed by atoms with E-state index in [1.807, 2.05) is 38.1 Å². The van der Waals surface area contributed by atoms with Gasteiger partial charge in [-0.3, -0.25) is 0 Å². The van der Waals surface area contributed by atoms with E-state index in [1.165, 1.54) is 0 Å². The van der Waals surface area contributed by atoms with Crippen molar-refractivity contribution in [3.05, 3.63) is 59.2 Å². The molecule has 0 bridgehead atoms. The van der Waals surface area contributed by atoms with Gasteiger partial charge in [-0.25, -0.2) is 4.79 Å². The zero-order valence-electron chi connectivity index (χ0n) is 12.1. The van der Waals surface area contributed by atoms with Gasteiger partial charge in [0.15, 0.2) is 0 Å². The fourth-order valence-corrected chi connectivity index (χ4v) is 1.95. The minimum Gasteiger partial charge on any atom is -0.494 e. The zero-order valence-corrected chi connectivity index (χ0v) is 12.1. The second-order valence-corrected chi connectivity index (χ2v) is 4.65. The van der Waals surface area contributed by atoms with Crippen molar-refractivity contribution in [1.82, 2.24) is 0 Å². The Morgan fingerprint density at radius 2 is 1.81 bits per heavy atom. The number of aromatic carboxylic acids is 1. The summed E-state index contributed by atoms with van der Waals surface area (Å²) in [5.41, 5.74) is 2.10. The van der Waals surface area contributed by atoms with E-state index in [0.717, 1.165) is 16.9 Å². The van der Waals surface area contributed by atoms with E-state index < -0.39 is 5.97 Å². The average Bonchev–Trinajstić information content (AvgIpc) is 2.47. The first kappa shape index (κ1) is 14.9. The van der Waals surface area contributed by atoms with Gasteiger partial charge in [-0.15, -0.1) is 0 Å². The fraction of sp³-hybridized carbons (Fsp3) is 0.235. The summed E-state index contributed by atoms with van der Waals surface area (Å²) in [6, 6.07) is 12.6. The number of hydrogen-bond acceptors (Lipinski definition) is 3. The van der Waals surface area contributed by atoms with Crippen LogP contribution in [0.5, 0.6) is 11.5 Å². The van der Waals surface area contributed by atoms with Crippen molar-refractivity contribution in [2.24, 2.45) is 0 Å². The van der Waals surface area contributed by atoms with Crippen LogP contribution in [-0.4, -0.2) is 17.7 Å². The molecule has 4 heteroatoms. The number of hydrogen-bond donors (Lipinski definition) is 1. The van der Waals surface area contributed by atoms with Crippen molar-refractivity contribution in [2.75, 3.05) is 6.61 Å². The first-order valence-electron chi connectivity index (χ1n) is 6.78. The normalized spacial score (nSPS) is 10.2. The third-order valence-electron chi connectivity index (χ3n) is 3.05. The molecule has 0 saturated carbocycles. The molecule has 2 aromatic rings.